The first-order chi connectivity index (χ1) is 12.9. The van der Waals surface area contributed by atoms with Crippen molar-refractivity contribution in [2.45, 2.75) is 25.7 Å². The van der Waals surface area contributed by atoms with E-state index in [1.54, 1.807) is 30.0 Å². The van der Waals surface area contributed by atoms with E-state index in [-0.39, 0.29) is 0 Å². The zero-order valence-corrected chi connectivity index (χ0v) is 16.4. The molecule has 1 N–H and O–H groups in total. The predicted octanol–water partition coefficient (Wildman–Crippen LogP) is 4.48. The van der Waals surface area contributed by atoms with E-state index in [1.165, 1.54) is 0 Å². The van der Waals surface area contributed by atoms with Crippen LogP contribution in [0.25, 0.3) is 0 Å². The Morgan fingerprint density at radius 2 is 1.93 bits per heavy atom. The van der Waals surface area contributed by atoms with Crippen molar-refractivity contribution in [1.29, 1.82) is 5.26 Å². The molecule has 138 valence electrons. The average Bonchev–Trinajstić information content (AvgIpc) is 2.64. The van der Waals surface area contributed by atoms with Gasteiger partial charge in [0.1, 0.15) is 5.75 Å². The molecule has 4 nitrogen and oxygen atoms in total. The van der Waals surface area contributed by atoms with Gasteiger partial charge in [-0.3, -0.25) is 0 Å². The molecule has 0 fully saturated rings. The van der Waals surface area contributed by atoms with Crippen LogP contribution in [0.4, 0.5) is 0 Å². The smallest absolute Gasteiger partial charge is 0.341 e. The fourth-order valence-electron chi connectivity index (χ4n) is 2.19. The highest BCUT2D eigenvalue weighted by molar-refractivity contribution is 7.99. The van der Waals surface area contributed by atoms with E-state index in [0.717, 1.165) is 21.8 Å². The third-order valence-electron chi connectivity index (χ3n) is 3.58. The van der Waals surface area contributed by atoms with Crippen LogP contribution in [0, 0.1) is 36.0 Å². The number of nitrogens with zero attached hydrogens (tertiary/aromatic N) is 1. The molecule has 27 heavy (non-hydrogen) atoms. The summed E-state index contributed by atoms with van der Waals surface area (Å²) in [5.41, 5.74) is 2.89. The molecule has 5 heteroatoms. The molecule has 2 aromatic carbocycles. The molecular weight excluding hydrogens is 358 g/mol. The second-order valence-corrected chi connectivity index (χ2v) is 7.53. The maximum absolute atomic E-state index is 10.8. The number of aryl methyl sites for hydroxylation is 1. The number of benzene rings is 2. The molecule has 0 atom stereocenters. The van der Waals surface area contributed by atoms with Crippen molar-refractivity contribution in [3.8, 4) is 23.7 Å². The first kappa shape index (κ1) is 20.4. The lowest BCUT2D eigenvalue weighted by Crippen LogP contribution is -2.10. The average molecular weight is 379 g/mol. The predicted molar refractivity (Wildman–Crippen MR) is 107 cm³/mol. The van der Waals surface area contributed by atoms with E-state index in [4.69, 9.17) is 15.1 Å². The lowest BCUT2D eigenvalue weighted by atomic mass is 10.1. The standard InChI is InChI=1S/C22H21NO3S/c1-15(2)14-27-20-8-4-16(3)18(11-20)6-7-19-10-17(12-23)5-9-21(19)26-13-22(24)25/h4-5,8-11,15H,13-14H2,1-3H3,(H,24,25). The van der Waals surface area contributed by atoms with Gasteiger partial charge in [0.05, 0.1) is 17.2 Å². The van der Waals surface area contributed by atoms with Gasteiger partial charge in [-0.15, -0.1) is 11.8 Å². The molecule has 0 unspecified atom stereocenters. The van der Waals surface area contributed by atoms with Gasteiger partial charge in [-0.1, -0.05) is 31.8 Å². The first-order valence-electron chi connectivity index (χ1n) is 8.53. The molecule has 0 heterocycles. The number of carboxylic acids is 1. The molecular formula is C22H21NO3S. The van der Waals surface area contributed by atoms with Crippen LogP contribution < -0.4 is 4.74 Å². The summed E-state index contributed by atoms with van der Waals surface area (Å²) >= 11 is 1.79. The van der Waals surface area contributed by atoms with Gasteiger partial charge in [0, 0.05) is 16.2 Å². The number of ether oxygens (including phenoxy) is 1. The molecule has 0 radical (unpaired) electrons. The Hall–Kier alpha value is -2.89. The third kappa shape index (κ3) is 6.40. The molecule has 0 aliphatic heterocycles. The summed E-state index contributed by atoms with van der Waals surface area (Å²) < 4.78 is 5.29. The van der Waals surface area contributed by atoms with Crippen molar-refractivity contribution in [2.24, 2.45) is 5.92 Å². The first-order valence-corrected chi connectivity index (χ1v) is 9.52. The Bertz CT molecular complexity index is 933. The molecule has 0 amide bonds. The van der Waals surface area contributed by atoms with E-state index in [9.17, 15) is 4.79 Å². The topological polar surface area (TPSA) is 70.3 Å². The fourth-order valence-corrected chi connectivity index (χ4v) is 3.08. The van der Waals surface area contributed by atoms with Crippen LogP contribution in [-0.2, 0) is 4.79 Å². The number of carbonyl (C=O) groups is 1. The molecule has 0 aromatic heterocycles. The van der Waals surface area contributed by atoms with Crippen LogP contribution >= 0.6 is 11.8 Å². The molecule has 0 bridgehead atoms. The highest BCUT2D eigenvalue weighted by Crippen LogP contribution is 2.24. The summed E-state index contributed by atoms with van der Waals surface area (Å²) in [5.74, 6) is 7.10. The molecule has 0 saturated carbocycles. The van der Waals surface area contributed by atoms with Crippen molar-refractivity contribution in [3.05, 3.63) is 58.7 Å². The van der Waals surface area contributed by atoms with Crippen LogP contribution in [0.1, 0.15) is 36.1 Å². The van der Waals surface area contributed by atoms with Crippen molar-refractivity contribution in [2.75, 3.05) is 12.4 Å². The lowest BCUT2D eigenvalue weighted by Gasteiger charge is -2.07. The zero-order chi connectivity index (χ0) is 19.8. The molecule has 0 aliphatic rings. The lowest BCUT2D eigenvalue weighted by molar-refractivity contribution is -0.139. The van der Waals surface area contributed by atoms with Crippen molar-refractivity contribution < 1.29 is 14.6 Å². The van der Waals surface area contributed by atoms with E-state index in [0.29, 0.717) is 22.8 Å². The fraction of sp³-hybridized carbons (Fsp3) is 0.273. The number of hydrogen-bond acceptors (Lipinski definition) is 4. The molecule has 2 aromatic rings. The Balaban J connectivity index is 2.34. The maximum atomic E-state index is 10.8. The summed E-state index contributed by atoms with van der Waals surface area (Å²) in [4.78, 5) is 11.9. The summed E-state index contributed by atoms with van der Waals surface area (Å²) in [6.07, 6.45) is 0. The quantitative estimate of drug-likeness (QED) is 0.592. The van der Waals surface area contributed by atoms with E-state index in [1.807, 2.05) is 13.0 Å². The normalized spacial score (nSPS) is 10.0. The largest absolute Gasteiger partial charge is 0.481 e. The number of carboxylic acid groups (broad SMARTS) is 1. The molecule has 2 rings (SSSR count). The van der Waals surface area contributed by atoms with Crippen LogP contribution in [-0.4, -0.2) is 23.4 Å². The number of hydrogen-bond donors (Lipinski definition) is 1. The minimum absolute atomic E-state index is 0.354. The zero-order valence-electron chi connectivity index (χ0n) is 15.6. The Morgan fingerprint density at radius 3 is 2.59 bits per heavy atom. The van der Waals surface area contributed by atoms with Gasteiger partial charge in [-0.2, -0.15) is 5.26 Å². The Kier molecular flexibility index (Phi) is 7.34. The molecule has 0 aliphatic carbocycles. The van der Waals surface area contributed by atoms with Gasteiger partial charge < -0.3 is 9.84 Å². The number of thioether (sulfide) groups is 1. The maximum Gasteiger partial charge on any atom is 0.341 e. The number of aliphatic carboxylic acids is 1. The summed E-state index contributed by atoms with van der Waals surface area (Å²) in [6, 6.07) is 13.0. The highest BCUT2D eigenvalue weighted by Gasteiger charge is 2.06. The monoisotopic (exact) mass is 379 g/mol. The summed E-state index contributed by atoms with van der Waals surface area (Å²) in [6.45, 7) is 5.90. The summed E-state index contributed by atoms with van der Waals surface area (Å²) in [7, 11) is 0. The van der Waals surface area contributed by atoms with E-state index < -0.39 is 12.6 Å². The van der Waals surface area contributed by atoms with Crippen LogP contribution in [0.15, 0.2) is 41.3 Å². The third-order valence-corrected chi connectivity index (χ3v) is 5.00. The minimum Gasteiger partial charge on any atom is -0.481 e. The van der Waals surface area contributed by atoms with Gasteiger partial charge in [0.15, 0.2) is 6.61 Å². The van der Waals surface area contributed by atoms with Crippen molar-refractivity contribution in [1.82, 2.24) is 0 Å². The minimum atomic E-state index is -1.07. The number of rotatable bonds is 6. The van der Waals surface area contributed by atoms with E-state index >= 15 is 0 Å². The second kappa shape index (κ2) is 9.71. The van der Waals surface area contributed by atoms with Crippen LogP contribution in [0.5, 0.6) is 5.75 Å². The molecule has 0 spiro atoms. The van der Waals surface area contributed by atoms with Crippen molar-refractivity contribution in [3.63, 3.8) is 0 Å². The van der Waals surface area contributed by atoms with E-state index in [2.05, 4.69) is 43.9 Å². The van der Waals surface area contributed by atoms with Gasteiger partial charge >= 0.3 is 5.97 Å². The van der Waals surface area contributed by atoms with Crippen LogP contribution in [0.2, 0.25) is 0 Å². The second-order valence-electron chi connectivity index (χ2n) is 6.44. The Morgan fingerprint density at radius 1 is 1.19 bits per heavy atom. The number of nitriles is 1. The summed E-state index contributed by atoms with van der Waals surface area (Å²) in [5, 5.41) is 17.9. The van der Waals surface area contributed by atoms with Gasteiger partial charge in [0.25, 0.3) is 0 Å². The Labute approximate surface area is 164 Å². The van der Waals surface area contributed by atoms with Gasteiger partial charge in [-0.05, 0) is 48.7 Å². The van der Waals surface area contributed by atoms with Crippen LogP contribution in [0.3, 0.4) is 0 Å². The van der Waals surface area contributed by atoms with Gasteiger partial charge in [0.2, 0.25) is 0 Å². The highest BCUT2D eigenvalue weighted by atomic mass is 32.2. The molecule has 0 saturated heterocycles. The van der Waals surface area contributed by atoms with Gasteiger partial charge in [-0.25, -0.2) is 4.79 Å². The van der Waals surface area contributed by atoms with Crippen molar-refractivity contribution >= 4 is 17.7 Å². The SMILES string of the molecule is Cc1ccc(SCC(C)C)cc1C#Cc1cc(C#N)ccc1OCC(=O)O.